The SMILES string of the molecule is COc1ccc(N2C(=O)[C@@H]3N=NN(CC(=O)Nc4cccc(SC)c4)[C@H]3C2=O)cc1. The van der Waals surface area contributed by atoms with Crippen molar-refractivity contribution in [2.75, 3.05) is 30.1 Å². The summed E-state index contributed by atoms with van der Waals surface area (Å²) in [7, 11) is 1.53. The monoisotopic (exact) mass is 425 g/mol. The highest BCUT2D eigenvalue weighted by Gasteiger charge is 2.55. The zero-order valence-electron chi connectivity index (χ0n) is 16.3. The first kappa shape index (κ1) is 19.9. The molecule has 2 heterocycles. The second-order valence-electron chi connectivity index (χ2n) is 6.68. The number of ether oxygens (including phenoxy) is 1. The third-order valence-corrected chi connectivity index (χ3v) is 5.57. The second-order valence-corrected chi connectivity index (χ2v) is 7.56. The van der Waals surface area contributed by atoms with Crippen LogP contribution in [0.4, 0.5) is 11.4 Å². The lowest BCUT2D eigenvalue weighted by Gasteiger charge is -2.20. The third-order valence-electron chi connectivity index (χ3n) is 4.85. The van der Waals surface area contributed by atoms with Crippen molar-refractivity contribution in [1.29, 1.82) is 0 Å². The van der Waals surface area contributed by atoms with Crippen LogP contribution in [-0.4, -0.2) is 54.7 Å². The van der Waals surface area contributed by atoms with Gasteiger partial charge in [0.05, 0.1) is 12.8 Å². The van der Waals surface area contributed by atoms with Crippen LogP contribution in [0.2, 0.25) is 0 Å². The van der Waals surface area contributed by atoms with Crippen molar-refractivity contribution < 1.29 is 19.1 Å². The number of anilines is 2. The summed E-state index contributed by atoms with van der Waals surface area (Å²) in [6.07, 6.45) is 1.95. The smallest absolute Gasteiger partial charge is 0.263 e. The number of nitrogens with zero attached hydrogens (tertiary/aromatic N) is 4. The van der Waals surface area contributed by atoms with E-state index in [-0.39, 0.29) is 12.5 Å². The molecule has 2 aromatic carbocycles. The first-order chi connectivity index (χ1) is 14.5. The Hall–Kier alpha value is -3.40. The summed E-state index contributed by atoms with van der Waals surface area (Å²) in [5.41, 5.74) is 1.07. The maximum absolute atomic E-state index is 13.0. The second kappa shape index (κ2) is 8.15. The number of methoxy groups -OCH3 is 1. The average molecular weight is 425 g/mol. The Labute approximate surface area is 177 Å². The van der Waals surface area contributed by atoms with Crippen LogP contribution < -0.4 is 15.0 Å². The lowest BCUT2D eigenvalue weighted by molar-refractivity contribution is -0.123. The highest BCUT2D eigenvalue weighted by molar-refractivity contribution is 7.98. The molecule has 9 nitrogen and oxygen atoms in total. The van der Waals surface area contributed by atoms with Crippen LogP contribution in [0.1, 0.15) is 0 Å². The molecule has 0 saturated carbocycles. The summed E-state index contributed by atoms with van der Waals surface area (Å²) >= 11 is 1.57. The lowest BCUT2D eigenvalue weighted by atomic mass is 10.1. The number of amides is 3. The van der Waals surface area contributed by atoms with E-state index in [1.165, 1.54) is 12.1 Å². The van der Waals surface area contributed by atoms with Gasteiger partial charge in [0.1, 0.15) is 12.3 Å². The zero-order chi connectivity index (χ0) is 21.3. The summed E-state index contributed by atoms with van der Waals surface area (Å²) < 4.78 is 5.11. The number of carbonyl (C=O) groups excluding carboxylic acids is 3. The highest BCUT2D eigenvalue weighted by atomic mass is 32.2. The standard InChI is InChI=1S/C20H19N5O4S/c1-29-14-8-6-13(7-9-14)25-19(27)17-18(20(25)28)24(23-22-17)11-16(26)21-12-4-3-5-15(10-12)30-2/h3-10,17-18H,11H2,1-2H3,(H,21,26)/t17-,18-/m1/s1. The van der Waals surface area contributed by atoms with Gasteiger partial charge in [-0.05, 0) is 48.7 Å². The van der Waals surface area contributed by atoms with Crippen molar-refractivity contribution in [1.82, 2.24) is 5.01 Å². The molecule has 0 aliphatic carbocycles. The summed E-state index contributed by atoms with van der Waals surface area (Å²) in [5.74, 6) is -0.663. The summed E-state index contributed by atoms with van der Waals surface area (Å²) in [4.78, 5) is 40.3. The summed E-state index contributed by atoms with van der Waals surface area (Å²) in [6.45, 7) is -0.191. The third kappa shape index (κ3) is 3.61. The number of imide groups is 1. The summed E-state index contributed by atoms with van der Waals surface area (Å²) in [6, 6.07) is 12.1. The number of hydrogen-bond donors (Lipinski definition) is 1. The van der Waals surface area contributed by atoms with E-state index in [0.717, 1.165) is 9.80 Å². The van der Waals surface area contributed by atoms with E-state index in [2.05, 4.69) is 15.7 Å². The van der Waals surface area contributed by atoms with Gasteiger partial charge >= 0.3 is 0 Å². The minimum Gasteiger partial charge on any atom is -0.497 e. The van der Waals surface area contributed by atoms with Crippen LogP contribution in [0.5, 0.6) is 5.75 Å². The molecule has 0 unspecified atom stereocenters. The minimum atomic E-state index is -0.952. The molecule has 1 fully saturated rings. The number of benzene rings is 2. The minimum absolute atomic E-state index is 0.191. The molecular formula is C20H19N5O4S. The van der Waals surface area contributed by atoms with Crippen LogP contribution in [0, 0.1) is 0 Å². The molecule has 1 N–H and O–H groups in total. The Kier molecular flexibility index (Phi) is 5.40. The van der Waals surface area contributed by atoms with E-state index in [0.29, 0.717) is 17.1 Å². The normalized spacial score (nSPS) is 19.9. The molecule has 2 atom stereocenters. The molecule has 0 spiro atoms. The van der Waals surface area contributed by atoms with Crippen LogP contribution >= 0.6 is 11.8 Å². The highest BCUT2D eigenvalue weighted by Crippen LogP contribution is 2.32. The Morgan fingerprint density at radius 2 is 1.93 bits per heavy atom. The van der Waals surface area contributed by atoms with Crippen LogP contribution in [0.3, 0.4) is 0 Å². The van der Waals surface area contributed by atoms with Crippen molar-refractivity contribution in [3.63, 3.8) is 0 Å². The van der Waals surface area contributed by atoms with Crippen molar-refractivity contribution in [3.8, 4) is 5.75 Å². The molecule has 154 valence electrons. The number of rotatable bonds is 6. The van der Waals surface area contributed by atoms with Gasteiger partial charge in [-0.15, -0.1) is 11.8 Å². The van der Waals surface area contributed by atoms with Gasteiger partial charge in [0.25, 0.3) is 11.8 Å². The van der Waals surface area contributed by atoms with E-state index >= 15 is 0 Å². The van der Waals surface area contributed by atoms with Gasteiger partial charge in [-0.2, -0.15) is 5.11 Å². The molecule has 2 aliphatic rings. The van der Waals surface area contributed by atoms with Gasteiger partial charge in [0.2, 0.25) is 5.91 Å². The molecule has 30 heavy (non-hydrogen) atoms. The molecular weight excluding hydrogens is 406 g/mol. The maximum Gasteiger partial charge on any atom is 0.263 e. The molecule has 0 bridgehead atoms. The molecule has 0 radical (unpaired) electrons. The zero-order valence-corrected chi connectivity index (χ0v) is 17.1. The fraction of sp³-hybridized carbons (Fsp3) is 0.250. The number of nitrogens with one attached hydrogen (secondary N) is 1. The largest absolute Gasteiger partial charge is 0.497 e. The van der Waals surface area contributed by atoms with Crippen LogP contribution in [-0.2, 0) is 14.4 Å². The Morgan fingerprint density at radius 1 is 1.17 bits per heavy atom. The Balaban J connectivity index is 1.46. The van der Waals surface area contributed by atoms with Gasteiger partial charge in [-0.3, -0.25) is 19.4 Å². The topological polar surface area (TPSA) is 104 Å². The van der Waals surface area contributed by atoms with Gasteiger partial charge < -0.3 is 10.1 Å². The fourth-order valence-electron chi connectivity index (χ4n) is 3.39. The molecule has 1 saturated heterocycles. The predicted octanol–water partition coefficient (Wildman–Crippen LogP) is 2.35. The van der Waals surface area contributed by atoms with Crippen LogP contribution in [0.15, 0.2) is 63.8 Å². The molecule has 2 aromatic rings. The number of carbonyl (C=O) groups is 3. The molecule has 0 aromatic heterocycles. The average Bonchev–Trinajstić information content (AvgIpc) is 3.27. The lowest BCUT2D eigenvalue weighted by Crippen LogP contribution is -2.43. The van der Waals surface area contributed by atoms with Crippen molar-refractivity contribution in [2.24, 2.45) is 10.3 Å². The first-order valence-corrected chi connectivity index (χ1v) is 10.4. The van der Waals surface area contributed by atoms with Crippen LogP contribution in [0.25, 0.3) is 0 Å². The van der Waals surface area contributed by atoms with Gasteiger partial charge in [0.15, 0.2) is 12.1 Å². The number of hydrogen-bond acceptors (Lipinski definition) is 8. The van der Waals surface area contributed by atoms with E-state index in [9.17, 15) is 14.4 Å². The van der Waals surface area contributed by atoms with Crippen molar-refractivity contribution >= 4 is 40.9 Å². The van der Waals surface area contributed by atoms with Gasteiger partial charge in [0, 0.05) is 10.6 Å². The van der Waals surface area contributed by atoms with E-state index in [1.54, 1.807) is 42.1 Å². The fourth-order valence-corrected chi connectivity index (χ4v) is 3.85. The maximum atomic E-state index is 13.0. The van der Waals surface area contributed by atoms with Gasteiger partial charge in [-0.1, -0.05) is 11.3 Å². The number of fused-ring (bicyclic) bond motifs is 1. The van der Waals surface area contributed by atoms with E-state index in [4.69, 9.17) is 4.74 Å². The molecule has 2 aliphatic heterocycles. The van der Waals surface area contributed by atoms with E-state index < -0.39 is 23.9 Å². The Morgan fingerprint density at radius 3 is 2.63 bits per heavy atom. The predicted molar refractivity (Wildman–Crippen MR) is 111 cm³/mol. The summed E-state index contributed by atoms with van der Waals surface area (Å²) in [5, 5.41) is 11.9. The molecule has 3 amide bonds. The van der Waals surface area contributed by atoms with Crippen molar-refractivity contribution in [2.45, 2.75) is 17.0 Å². The quantitative estimate of drug-likeness (QED) is 0.563. The Bertz CT molecular complexity index is 1030. The van der Waals surface area contributed by atoms with Gasteiger partial charge in [-0.25, -0.2) is 4.90 Å². The van der Waals surface area contributed by atoms with E-state index in [1.807, 2.05) is 24.5 Å². The molecule has 10 heteroatoms. The first-order valence-electron chi connectivity index (χ1n) is 9.15. The number of thioether (sulfide) groups is 1. The van der Waals surface area contributed by atoms with Crippen molar-refractivity contribution in [3.05, 3.63) is 48.5 Å². The molecule has 4 rings (SSSR count).